The number of nitrogens with one attached hydrogen (secondary N) is 1. The van der Waals surface area contributed by atoms with Gasteiger partial charge in [-0.15, -0.1) is 10.2 Å². The Hall–Kier alpha value is -2.85. The highest BCUT2D eigenvalue weighted by Gasteiger charge is 2.33. The molecule has 1 aliphatic carbocycles. The number of aryl methyl sites for hydroxylation is 2. The van der Waals surface area contributed by atoms with Crippen LogP contribution in [0.2, 0.25) is 25.7 Å². The minimum atomic E-state index is -1.24. The predicted molar refractivity (Wildman–Crippen MR) is 172 cm³/mol. The van der Waals surface area contributed by atoms with E-state index in [-0.39, 0.29) is 11.7 Å². The van der Waals surface area contributed by atoms with Gasteiger partial charge in [0.05, 0.1) is 12.1 Å². The zero-order valence-corrected chi connectivity index (χ0v) is 27.3. The van der Waals surface area contributed by atoms with Gasteiger partial charge in [0.15, 0.2) is 5.82 Å². The van der Waals surface area contributed by atoms with E-state index in [1.165, 1.54) is 24.8 Å². The monoisotopic (exact) mass is 603 g/mol. The Morgan fingerprint density at radius 3 is 2.67 bits per heavy atom. The summed E-state index contributed by atoms with van der Waals surface area (Å²) in [5, 5.41) is 13.2. The van der Waals surface area contributed by atoms with Crippen molar-refractivity contribution in [3.05, 3.63) is 71.2 Å². The van der Waals surface area contributed by atoms with Gasteiger partial charge in [0, 0.05) is 63.5 Å². The van der Waals surface area contributed by atoms with Crippen molar-refractivity contribution < 1.29 is 13.9 Å². The molecule has 230 valence electrons. The van der Waals surface area contributed by atoms with Crippen LogP contribution in [-0.4, -0.2) is 53.3 Å². The van der Waals surface area contributed by atoms with Crippen molar-refractivity contribution >= 4 is 19.0 Å². The third-order valence-corrected chi connectivity index (χ3v) is 11.0. The first-order chi connectivity index (χ1) is 20.7. The third-order valence-electron chi connectivity index (χ3n) is 9.33. The minimum Gasteiger partial charge on any atom is -0.380 e. The molecule has 0 amide bonds. The highest BCUT2D eigenvalue weighted by molar-refractivity contribution is 6.76. The van der Waals surface area contributed by atoms with Gasteiger partial charge in [0.2, 0.25) is 0 Å². The van der Waals surface area contributed by atoms with Crippen LogP contribution in [0.3, 0.4) is 0 Å². The largest absolute Gasteiger partial charge is 0.380 e. The zero-order chi connectivity index (χ0) is 30.1. The van der Waals surface area contributed by atoms with Crippen molar-refractivity contribution in [2.75, 3.05) is 19.8 Å². The SMILES string of the molecule is Cc1cc(-c2cccc([C@H](c3nncn3C)C3CCC3)c2)c(F)c2c1cc(CN[C@@H]1CCOC1)n2COCC[Si](C)(C)C. The number of nitrogens with zero attached hydrogens (tertiary/aromatic N) is 4. The Kier molecular flexibility index (Phi) is 8.87. The summed E-state index contributed by atoms with van der Waals surface area (Å²) in [4.78, 5) is 0. The average Bonchev–Trinajstić information content (AvgIpc) is 3.69. The molecule has 0 radical (unpaired) electrons. The fraction of sp³-hybridized carbons (Fsp3) is 0.529. The lowest BCUT2D eigenvalue weighted by molar-refractivity contribution is 0.0877. The van der Waals surface area contributed by atoms with Gasteiger partial charge in [-0.05, 0) is 67.0 Å². The molecule has 0 bridgehead atoms. The van der Waals surface area contributed by atoms with Gasteiger partial charge >= 0.3 is 0 Å². The highest BCUT2D eigenvalue weighted by Crippen LogP contribution is 2.44. The topological polar surface area (TPSA) is 66.1 Å². The lowest BCUT2D eigenvalue weighted by atomic mass is 9.72. The summed E-state index contributed by atoms with van der Waals surface area (Å²) < 4.78 is 32.7. The summed E-state index contributed by atoms with van der Waals surface area (Å²) in [5.74, 6) is 1.46. The minimum absolute atomic E-state index is 0.148. The van der Waals surface area contributed by atoms with Gasteiger partial charge in [-0.1, -0.05) is 50.3 Å². The summed E-state index contributed by atoms with van der Waals surface area (Å²) in [6, 6.07) is 14.0. The molecule has 43 heavy (non-hydrogen) atoms. The lowest BCUT2D eigenvalue weighted by Crippen LogP contribution is -2.29. The summed E-state index contributed by atoms with van der Waals surface area (Å²) >= 11 is 0. The van der Waals surface area contributed by atoms with Crippen LogP contribution < -0.4 is 5.32 Å². The quantitative estimate of drug-likeness (QED) is 0.139. The van der Waals surface area contributed by atoms with Crippen LogP contribution in [0.15, 0.2) is 42.7 Å². The number of halogens is 1. The molecule has 7 nitrogen and oxygen atoms in total. The molecule has 3 heterocycles. The first kappa shape index (κ1) is 30.2. The van der Waals surface area contributed by atoms with Crippen LogP contribution in [-0.2, 0) is 29.8 Å². The van der Waals surface area contributed by atoms with Crippen molar-refractivity contribution in [3.63, 3.8) is 0 Å². The van der Waals surface area contributed by atoms with Crippen LogP contribution in [0, 0.1) is 18.7 Å². The first-order valence-corrected chi connectivity index (χ1v) is 19.5. The molecular formula is C34H46FN5O2Si. The Balaban J connectivity index is 1.38. The summed E-state index contributed by atoms with van der Waals surface area (Å²) in [6.45, 7) is 12.3. The fourth-order valence-electron chi connectivity index (χ4n) is 6.49. The first-order valence-electron chi connectivity index (χ1n) is 15.8. The molecule has 1 aliphatic heterocycles. The van der Waals surface area contributed by atoms with Gasteiger partial charge in [-0.2, -0.15) is 0 Å². The van der Waals surface area contributed by atoms with Gasteiger partial charge in [0.25, 0.3) is 0 Å². The average molecular weight is 604 g/mol. The number of hydrogen-bond donors (Lipinski definition) is 1. The summed E-state index contributed by atoms with van der Waals surface area (Å²) in [6.07, 6.45) is 6.36. The highest BCUT2D eigenvalue weighted by atomic mass is 28.3. The normalized spacial score (nSPS) is 18.4. The Bertz CT molecular complexity index is 1560. The third kappa shape index (κ3) is 6.50. The molecule has 6 rings (SSSR count). The van der Waals surface area contributed by atoms with Crippen LogP contribution in [0.5, 0.6) is 0 Å². The van der Waals surface area contributed by atoms with E-state index in [1.54, 1.807) is 6.33 Å². The molecule has 2 atom stereocenters. The smallest absolute Gasteiger partial charge is 0.155 e. The lowest BCUT2D eigenvalue weighted by Gasteiger charge is -2.33. The van der Waals surface area contributed by atoms with Crippen LogP contribution in [0.25, 0.3) is 22.0 Å². The molecule has 1 N–H and O–H groups in total. The molecule has 0 spiro atoms. The Morgan fingerprint density at radius 2 is 2.00 bits per heavy atom. The standard InChI is InChI=1S/C34H46FN5O2Si/c1-23-16-30(25-10-7-11-26(17-25)31(24-8-6-9-24)34-38-37-21-39(34)2)32(35)33-29(23)18-28(19-36-27-12-13-41-20-27)40(33)22-42-14-15-43(3,4)5/h7,10-11,16-18,21,24,27,31,36H,6,8-9,12-15,19-20,22H2,1-5H3/t27-,31-/m1/s1. The maximum atomic E-state index is 16.8. The molecule has 1 saturated heterocycles. The molecule has 1 saturated carbocycles. The van der Waals surface area contributed by atoms with E-state index in [0.717, 1.165) is 53.7 Å². The van der Waals surface area contributed by atoms with Crippen LogP contribution in [0.1, 0.15) is 54.2 Å². The number of fused-ring (bicyclic) bond motifs is 1. The molecule has 2 aromatic heterocycles. The van der Waals surface area contributed by atoms with E-state index < -0.39 is 8.07 Å². The van der Waals surface area contributed by atoms with Gasteiger partial charge in [-0.3, -0.25) is 0 Å². The molecular weight excluding hydrogens is 557 g/mol. The van der Waals surface area contributed by atoms with Crippen molar-refractivity contribution in [2.24, 2.45) is 13.0 Å². The summed E-state index contributed by atoms with van der Waals surface area (Å²) in [7, 11) is 0.766. The van der Waals surface area contributed by atoms with E-state index in [2.05, 4.69) is 70.9 Å². The van der Waals surface area contributed by atoms with Gasteiger partial charge in [0.1, 0.15) is 18.9 Å². The van der Waals surface area contributed by atoms with E-state index in [9.17, 15) is 0 Å². The van der Waals surface area contributed by atoms with Crippen molar-refractivity contribution in [1.29, 1.82) is 0 Å². The molecule has 2 aliphatic rings. The number of benzene rings is 2. The van der Waals surface area contributed by atoms with E-state index in [1.807, 2.05) is 23.7 Å². The van der Waals surface area contributed by atoms with Crippen molar-refractivity contribution in [3.8, 4) is 11.1 Å². The zero-order valence-electron chi connectivity index (χ0n) is 26.3. The van der Waals surface area contributed by atoms with Crippen molar-refractivity contribution in [1.82, 2.24) is 24.6 Å². The molecule has 2 fully saturated rings. The second-order valence-electron chi connectivity index (χ2n) is 13.8. The number of aromatic nitrogens is 4. The fourth-order valence-corrected chi connectivity index (χ4v) is 7.24. The molecule has 0 unspecified atom stereocenters. The maximum Gasteiger partial charge on any atom is 0.155 e. The molecule has 9 heteroatoms. The molecule has 2 aromatic carbocycles. The Morgan fingerprint density at radius 1 is 1.16 bits per heavy atom. The second kappa shape index (κ2) is 12.6. The number of ether oxygens (including phenoxy) is 2. The number of hydrogen-bond acceptors (Lipinski definition) is 5. The van der Waals surface area contributed by atoms with Crippen LogP contribution >= 0.6 is 0 Å². The summed E-state index contributed by atoms with van der Waals surface area (Å²) in [5.41, 5.74) is 5.41. The van der Waals surface area contributed by atoms with E-state index in [0.29, 0.717) is 42.9 Å². The number of rotatable bonds is 12. The molecule has 4 aromatic rings. The van der Waals surface area contributed by atoms with Crippen molar-refractivity contribution in [2.45, 2.75) is 83.5 Å². The Labute approximate surface area is 255 Å². The predicted octanol–water partition coefficient (Wildman–Crippen LogP) is 7.01. The second-order valence-corrected chi connectivity index (χ2v) is 19.4. The van der Waals surface area contributed by atoms with E-state index >= 15 is 4.39 Å². The van der Waals surface area contributed by atoms with E-state index in [4.69, 9.17) is 9.47 Å². The van der Waals surface area contributed by atoms with Gasteiger partial charge < -0.3 is 23.9 Å². The van der Waals surface area contributed by atoms with Crippen LogP contribution in [0.4, 0.5) is 4.39 Å². The maximum absolute atomic E-state index is 16.8. The van der Waals surface area contributed by atoms with Gasteiger partial charge in [-0.25, -0.2) is 4.39 Å².